The summed E-state index contributed by atoms with van der Waals surface area (Å²) in [6, 6.07) is 7.82. The molecule has 1 N–H and O–H groups in total. The van der Waals surface area contributed by atoms with Gasteiger partial charge in [-0.05, 0) is 12.1 Å². The lowest BCUT2D eigenvalue weighted by Crippen LogP contribution is -2.13. The highest BCUT2D eigenvalue weighted by atomic mass is 32.2. The minimum Gasteiger partial charge on any atom is -0.463 e. The van der Waals surface area contributed by atoms with Crippen molar-refractivity contribution in [2.75, 3.05) is 11.8 Å². The van der Waals surface area contributed by atoms with E-state index >= 15 is 0 Å². The van der Waals surface area contributed by atoms with E-state index in [1.54, 1.807) is 18.2 Å². The highest BCUT2D eigenvalue weighted by Crippen LogP contribution is 2.17. The van der Waals surface area contributed by atoms with Gasteiger partial charge in [0.2, 0.25) is 5.13 Å². The molecule has 0 aliphatic carbocycles. The molecule has 0 spiro atoms. The average Bonchev–Trinajstić information content (AvgIpc) is 2.86. The third-order valence-corrected chi connectivity index (χ3v) is 4.18. The fourth-order valence-electron chi connectivity index (χ4n) is 1.21. The lowest BCUT2D eigenvalue weighted by molar-refractivity contribution is 0.0588. The van der Waals surface area contributed by atoms with Crippen molar-refractivity contribution in [2.45, 2.75) is 4.90 Å². The van der Waals surface area contributed by atoms with Gasteiger partial charge in [-0.2, -0.15) is 9.36 Å². The molecule has 1 heterocycles. The number of rotatable bonds is 4. The second-order valence-corrected chi connectivity index (χ2v) is 5.77. The largest absolute Gasteiger partial charge is 0.463 e. The molecule has 0 radical (unpaired) electrons. The normalized spacial score (nSPS) is 11.0. The summed E-state index contributed by atoms with van der Waals surface area (Å²) in [5.41, 5.74) is 0. The number of esters is 1. The molecule has 0 saturated heterocycles. The van der Waals surface area contributed by atoms with Crippen LogP contribution >= 0.6 is 11.5 Å². The SMILES string of the molecule is COC(=O)c1nsc(NS(=O)(=O)c2ccccc2)n1. The maximum absolute atomic E-state index is 12.0. The summed E-state index contributed by atoms with van der Waals surface area (Å²) in [6.07, 6.45) is 0. The van der Waals surface area contributed by atoms with E-state index in [-0.39, 0.29) is 15.9 Å². The van der Waals surface area contributed by atoms with Gasteiger partial charge in [-0.15, -0.1) is 0 Å². The molecule has 2 rings (SSSR count). The number of sulfonamides is 1. The van der Waals surface area contributed by atoms with Crippen LogP contribution in [0.2, 0.25) is 0 Å². The predicted molar refractivity (Wildman–Crippen MR) is 68.5 cm³/mol. The summed E-state index contributed by atoms with van der Waals surface area (Å²) in [7, 11) is -2.53. The number of aromatic nitrogens is 2. The van der Waals surface area contributed by atoms with E-state index in [9.17, 15) is 13.2 Å². The van der Waals surface area contributed by atoms with Crippen LogP contribution in [0.25, 0.3) is 0 Å². The van der Waals surface area contributed by atoms with Gasteiger partial charge in [0.25, 0.3) is 15.8 Å². The van der Waals surface area contributed by atoms with Gasteiger partial charge in [0.05, 0.1) is 12.0 Å². The van der Waals surface area contributed by atoms with Crippen LogP contribution in [0, 0.1) is 0 Å². The Morgan fingerprint density at radius 1 is 1.32 bits per heavy atom. The summed E-state index contributed by atoms with van der Waals surface area (Å²) in [6.45, 7) is 0. The van der Waals surface area contributed by atoms with Crippen LogP contribution in [0.1, 0.15) is 10.6 Å². The van der Waals surface area contributed by atoms with Crippen LogP contribution in [0.4, 0.5) is 5.13 Å². The monoisotopic (exact) mass is 299 g/mol. The van der Waals surface area contributed by atoms with E-state index in [0.29, 0.717) is 0 Å². The lowest BCUT2D eigenvalue weighted by Gasteiger charge is -2.03. The van der Waals surface area contributed by atoms with Gasteiger partial charge < -0.3 is 4.74 Å². The third-order valence-electron chi connectivity index (χ3n) is 2.07. The molecule has 1 aromatic heterocycles. The van der Waals surface area contributed by atoms with Crippen molar-refractivity contribution in [3.63, 3.8) is 0 Å². The first-order valence-corrected chi connectivity index (χ1v) is 7.28. The number of hydrogen-bond acceptors (Lipinski definition) is 7. The molecule has 0 aliphatic rings. The van der Waals surface area contributed by atoms with Gasteiger partial charge in [-0.3, -0.25) is 4.72 Å². The van der Waals surface area contributed by atoms with Crippen LogP contribution in [-0.2, 0) is 14.8 Å². The molecule has 0 atom stereocenters. The van der Waals surface area contributed by atoms with Crippen molar-refractivity contribution < 1.29 is 17.9 Å². The Kier molecular flexibility index (Phi) is 3.76. The molecule has 100 valence electrons. The van der Waals surface area contributed by atoms with Crippen molar-refractivity contribution in [2.24, 2.45) is 0 Å². The topological polar surface area (TPSA) is 98.2 Å². The van der Waals surface area contributed by atoms with Crippen LogP contribution in [0.15, 0.2) is 35.2 Å². The zero-order valence-electron chi connectivity index (χ0n) is 9.73. The van der Waals surface area contributed by atoms with E-state index in [0.717, 1.165) is 11.5 Å². The number of anilines is 1. The number of carbonyl (C=O) groups is 1. The third kappa shape index (κ3) is 3.06. The number of ether oxygens (including phenoxy) is 1. The quantitative estimate of drug-likeness (QED) is 0.850. The minimum absolute atomic E-state index is 0.00394. The van der Waals surface area contributed by atoms with Gasteiger partial charge in [0.1, 0.15) is 0 Å². The summed E-state index contributed by atoms with van der Waals surface area (Å²) in [4.78, 5) is 15.0. The van der Waals surface area contributed by atoms with Crippen molar-refractivity contribution in [1.82, 2.24) is 9.36 Å². The van der Waals surface area contributed by atoms with E-state index < -0.39 is 16.0 Å². The number of methoxy groups -OCH3 is 1. The summed E-state index contributed by atoms with van der Waals surface area (Å²) in [5.74, 6) is -0.903. The number of nitrogens with one attached hydrogen (secondary N) is 1. The van der Waals surface area contributed by atoms with Gasteiger partial charge in [-0.25, -0.2) is 13.2 Å². The molecule has 0 fully saturated rings. The second-order valence-electron chi connectivity index (χ2n) is 3.33. The van der Waals surface area contributed by atoms with Gasteiger partial charge in [0, 0.05) is 11.5 Å². The van der Waals surface area contributed by atoms with E-state index in [1.165, 1.54) is 19.2 Å². The molecule has 9 heteroatoms. The second kappa shape index (κ2) is 5.33. The predicted octanol–water partition coefficient (Wildman–Crippen LogP) is 1.13. The fourth-order valence-corrected chi connectivity index (χ4v) is 3.02. The zero-order valence-corrected chi connectivity index (χ0v) is 11.4. The summed E-state index contributed by atoms with van der Waals surface area (Å²) in [5, 5.41) is 0.00394. The molecule has 0 unspecified atom stereocenters. The maximum Gasteiger partial charge on any atom is 0.377 e. The highest BCUT2D eigenvalue weighted by molar-refractivity contribution is 7.93. The first-order chi connectivity index (χ1) is 9.03. The standard InChI is InChI=1S/C10H9N3O4S2/c1-17-9(14)8-11-10(18-12-8)13-19(15,16)7-5-3-2-4-6-7/h2-6H,1H3,(H,11,12,13). The van der Waals surface area contributed by atoms with E-state index in [2.05, 4.69) is 18.8 Å². The zero-order chi connectivity index (χ0) is 13.9. The number of nitrogens with zero attached hydrogens (tertiary/aromatic N) is 2. The molecule has 7 nitrogen and oxygen atoms in total. The molecule has 0 amide bonds. The molecule has 0 bridgehead atoms. The van der Waals surface area contributed by atoms with Crippen molar-refractivity contribution in [3.8, 4) is 0 Å². The Labute approximate surface area is 113 Å². The van der Waals surface area contributed by atoms with E-state index in [1.807, 2.05) is 0 Å². The smallest absolute Gasteiger partial charge is 0.377 e. The molecule has 2 aromatic rings. The minimum atomic E-state index is -3.73. The van der Waals surface area contributed by atoms with Crippen LogP contribution < -0.4 is 4.72 Å². The average molecular weight is 299 g/mol. The Hall–Kier alpha value is -2.00. The number of carbonyl (C=O) groups excluding carboxylic acids is 1. The lowest BCUT2D eigenvalue weighted by atomic mass is 10.4. The summed E-state index contributed by atoms with van der Waals surface area (Å²) >= 11 is 0.763. The first-order valence-electron chi connectivity index (χ1n) is 5.03. The summed E-state index contributed by atoms with van der Waals surface area (Å²) < 4.78 is 34.3. The highest BCUT2D eigenvalue weighted by Gasteiger charge is 2.18. The number of benzene rings is 1. The Bertz CT molecular complexity index is 682. The first kappa shape index (κ1) is 13.4. The van der Waals surface area contributed by atoms with E-state index in [4.69, 9.17) is 0 Å². The molecule has 0 aliphatic heterocycles. The van der Waals surface area contributed by atoms with Gasteiger partial charge in [0.15, 0.2) is 0 Å². The van der Waals surface area contributed by atoms with Gasteiger partial charge >= 0.3 is 5.97 Å². The van der Waals surface area contributed by atoms with Crippen molar-refractivity contribution in [1.29, 1.82) is 0 Å². The van der Waals surface area contributed by atoms with Crippen LogP contribution in [0.5, 0.6) is 0 Å². The fraction of sp³-hybridized carbons (Fsp3) is 0.100. The Balaban J connectivity index is 2.22. The molecule has 1 aromatic carbocycles. The maximum atomic E-state index is 12.0. The van der Waals surface area contributed by atoms with Crippen LogP contribution in [0.3, 0.4) is 0 Å². The van der Waals surface area contributed by atoms with Crippen molar-refractivity contribution in [3.05, 3.63) is 36.2 Å². The van der Waals surface area contributed by atoms with Crippen LogP contribution in [-0.4, -0.2) is 30.9 Å². The Morgan fingerprint density at radius 2 is 2.00 bits per heavy atom. The molecule has 0 saturated carbocycles. The van der Waals surface area contributed by atoms with Crippen molar-refractivity contribution >= 4 is 32.7 Å². The molecular weight excluding hydrogens is 290 g/mol. The molecular formula is C10H9N3O4S2. The number of hydrogen-bond donors (Lipinski definition) is 1. The Morgan fingerprint density at radius 3 is 2.63 bits per heavy atom. The molecule has 19 heavy (non-hydrogen) atoms. The van der Waals surface area contributed by atoms with Gasteiger partial charge in [-0.1, -0.05) is 18.2 Å².